The summed E-state index contributed by atoms with van der Waals surface area (Å²) in [4.78, 5) is 11.8. The average Bonchev–Trinajstić information content (AvgIpc) is 2.27. The maximum absolute atomic E-state index is 11.8. The van der Waals surface area contributed by atoms with Crippen molar-refractivity contribution in [2.24, 2.45) is 0 Å². The zero-order chi connectivity index (χ0) is 14.6. The standard InChI is InChI=1S/C11H16ClN3O3S/c1-15(2)19(17,18)4-3-14-11(16)8-5-9(12)7-10(13)6-8/h5-7H,3-4,13H2,1-2H3,(H,14,16). The first-order valence-electron chi connectivity index (χ1n) is 5.47. The summed E-state index contributed by atoms with van der Waals surface area (Å²) < 4.78 is 24.1. The highest BCUT2D eigenvalue weighted by molar-refractivity contribution is 7.89. The van der Waals surface area contributed by atoms with Crippen LogP contribution < -0.4 is 11.1 Å². The summed E-state index contributed by atoms with van der Waals surface area (Å²) in [6.45, 7) is 0.0196. The smallest absolute Gasteiger partial charge is 0.251 e. The predicted octanol–water partition coefficient (Wildman–Crippen LogP) is 0.543. The molecule has 1 aromatic rings. The van der Waals surface area contributed by atoms with Crippen LogP contribution in [0.15, 0.2) is 18.2 Å². The molecule has 19 heavy (non-hydrogen) atoms. The Bertz CT molecular complexity index is 552. The molecular formula is C11H16ClN3O3S. The van der Waals surface area contributed by atoms with Crippen molar-refractivity contribution < 1.29 is 13.2 Å². The van der Waals surface area contributed by atoms with Gasteiger partial charge in [-0.05, 0) is 18.2 Å². The number of sulfonamides is 1. The molecule has 6 nitrogen and oxygen atoms in total. The number of rotatable bonds is 5. The van der Waals surface area contributed by atoms with Gasteiger partial charge in [0.15, 0.2) is 0 Å². The van der Waals surface area contributed by atoms with Crippen LogP contribution in [-0.4, -0.2) is 45.0 Å². The first-order valence-corrected chi connectivity index (χ1v) is 7.45. The van der Waals surface area contributed by atoms with Gasteiger partial charge in [0.05, 0.1) is 5.75 Å². The lowest BCUT2D eigenvalue weighted by Gasteiger charge is -2.11. The molecule has 106 valence electrons. The molecule has 0 radical (unpaired) electrons. The highest BCUT2D eigenvalue weighted by Crippen LogP contribution is 2.16. The molecule has 0 aromatic heterocycles. The molecule has 0 bridgehead atoms. The molecule has 1 rings (SSSR count). The van der Waals surface area contributed by atoms with E-state index in [0.717, 1.165) is 4.31 Å². The Hall–Kier alpha value is -1.31. The predicted molar refractivity (Wildman–Crippen MR) is 75.7 cm³/mol. The number of carbonyl (C=O) groups excluding carboxylic acids is 1. The summed E-state index contributed by atoms with van der Waals surface area (Å²) in [5, 5.41) is 2.86. The van der Waals surface area contributed by atoms with E-state index in [1.807, 2.05) is 0 Å². The molecule has 1 aromatic carbocycles. The Labute approximate surface area is 117 Å². The molecule has 0 spiro atoms. The number of nitrogen functional groups attached to an aromatic ring is 1. The van der Waals surface area contributed by atoms with Gasteiger partial charge in [0.2, 0.25) is 10.0 Å². The lowest BCUT2D eigenvalue weighted by molar-refractivity contribution is 0.0956. The second kappa shape index (κ2) is 6.23. The maximum Gasteiger partial charge on any atom is 0.251 e. The third kappa shape index (κ3) is 4.70. The Morgan fingerprint density at radius 2 is 2.00 bits per heavy atom. The Balaban J connectivity index is 2.62. The van der Waals surface area contributed by atoms with Gasteiger partial charge >= 0.3 is 0 Å². The van der Waals surface area contributed by atoms with Crippen LogP contribution in [0, 0.1) is 0 Å². The first-order chi connectivity index (χ1) is 8.72. The van der Waals surface area contributed by atoms with Crippen molar-refractivity contribution in [3.63, 3.8) is 0 Å². The topological polar surface area (TPSA) is 92.5 Å². The number of carbonyl (C=O) groups is 1. The van der Waals surface area contributed by atoms with Crippen molar-refractivity contribution in [3.8, 4) is 0 Å². The van der Waals surface area contributed by atoms with Gasteiger partial charge in [0.1, 0.15) is 0 Å². The lowest BCUT2D eigenvalue weighted by Crippen LogP contribution is -2.33. The number of amides is 1. The van der Waals surface area contributed by atoms with Crippen LogP contribution in [0.2, 0.25) is 5.02 Å². The highest BCUT2D eigenvalue weighted by atomic mass is 35.5. The minimum Gasteiger partial charge on any atom is -0.399 e. The molecule has 3 N–H and O–H groups in total. The summed E-state index contributed by atoms with van der Waals surface area (Å²) in [6.07, 6.45) is 0. The van der Waals surface area contributed by atoms with E-state index < -0.39 is 15.9 Å². The molecule has 0 aliphatic carbocycles. The van der Waals surface area contributed by atoms with E-state index in [4.69, 9.17) is 17.3 Å². The second-order valence-corrected chi connectivity index (χ2v) is 6.87. The Morgan fingerprint density at radius 1 is 1.37 bits per heavy atom. The van der Waals surface area contributed by atoms with Gasteiger partial charge in [-0.1, -0.05) is 11.6 Å². The second-order valence-electron chi connectivity index (χ2n) is 4.13. The van der Waals surface area contributed by atoms with E-state index in [1.165, 1.54) is 32.3 Å². The van der Waals surface area contributed by atoms with E-state index in [0.29, 0.717) is 16.3 Å². The molecule has 0 saturated carbocycles. The molecule has 0 heterocycles. The average molecular weight is 306 g/mol. The van der Waals surface area contributed by atoms with Crippen LogP contribution in [0.1, 0.15) is 10.4 Å². The van der Waals surface area contributed by atoms with Crippen molar-refractivity contribution in [1.29, 1.82) is 0 Å². The third-order valence-corrected chi connectivity index (χ3v) is 4.44. The fraction of sp³-hybridized carbons (Fsp3) is 0.364. The van der Waals surface area contributed by atoms with E-state index in [2.05, 4.69) is 5.32 Å². The zero-order valence-electron chi connectivity index (χ0n) is 10.7. The minimum absolute atomic E-state index is 0.0196. The number of benzene rings is 1. The van der Waals surface area contributed by atoms with Crippen LogP contribution in [0.25, 0.3) is 0 Å². The monoisotopic (exact) mass is 305 g/mol. The number of hydrogen-bond donors (Lipinski definition) is 2. The number of nitrogens with zero attached hydrogens (tertiary/aromatic N) is 1. The van der Waals surface area contributed by atoms with Gasteiger partial charge in [-0.3, -0.25) is 4.79 Å². The van der Waals surface area contributed by atoms with Gasteiger partial charge < -0.3 is 11.1 Å². The summed E-state index contributed by atoms with van der Waals surface area (Å²) in [5.41, 5.74) is 6.24. The van der Waals surface area contributed by atoms with Crippen molar-refractivity contribution in [2.45, 2.75) is 0 Å². The van der Waals surface area contributed by atoms with Crippen molar-refractivity contribution >= 4 is 33.2 Å². The Morgan fingerprint density at radius 3 is 2.53 bits per heavy atom. The molecule has 0 unspecified atom stereocenters. The van der Waals surface area contributed by atoms with Crippen LogP contribution in [0.5, 0.6) is 0 Å². The maximum atomic E-state index is 11.8. The van der Waals surface area contributed by atoms with Gasteiger partial charge in [0.25, 0.3) is 5.91 Å². The summed E-state index contributed by atoms with van der Waals surface area (Å²) in [6, 6.07) is 4.46. The fourth-order valence-electron chi connectivity index (χ4n) is 1.32. The van der Waals surface area contributed by atoms with Gasteiger partial charge in [0, 0.05) is 36.9 Å². The van der Waals surface area contributed by atoms with Crippen LogP contribution in [0.4, 0.5) is 5.69 Å². The third-order valence-electron chi connectivity index (χ3n) is 2.38. The number of anilines is 1. The van der Waals surface area contributed by atoms with E-state index in [9.17, 15) is 13.2 Å². The molecule has 0 aliphatic heterocycles. The Kier molecular flexibility index (Phi) is 5.16. The quantitative estimate of drug-likeness (QED) is 0.777. The molecular weight excluding hydrogens is 290 g/mol. The normalized spacial score (nSPS) is 11.6. The summed E-state index contributed by atoms with van der Waals surface area (Å²) in [5.74, 6) is -0.579. The van der Waals surface area contributed by atoms with E-state index in [1.54, 1.807) is 0 Å². The molecule has 8 heteroatoms. The number of halogens is 1. The van der Waals surface area contributed by atoms with Crippen LogP contribution in [0.3, 0.4) is 0 Å². The SMILES string of the molecule is CN(C)S(=O)(=O)CCNC(=O)c1cc(N)cc(Cl)c1. The van der Waals surface area contributed by atoms with Crippen molar-refractivity contribution in [2.75, 3.05) is 32.1 Å². The van der Waals surface area contributed by atoms with Gasteiger partial charge in [-0.2, -0.15) is 0 Å². The molecule has 1 amide bonds. The van der Waals surface area contributed by atoms with Crippen molar-refractivity contribution in [1.82, 2.24) is 9.62 Å². The summed E-state index contributed by atoms with van der Waals surface area (Å²) in [7, 11) is -0.446. The van der Waals surface area contributed by atoms with E-state index >= 15 is 0 Å². The number of nitrogens with two attached hydrogens (primary N) is 1. The van der Waals surface area contributed by atoms with Gasteiger partial charge in [-0.15, -0.1) is 0 Å². The largest absolute Gasteiger partial charge is 0.399 e. The molecule has 0 saturated heterocycles. The number of nitrogens with one attached hydrogen (secondary N) is 1. The molecule has 0 atom stereocenters. The van der Waals surface area contributed by atoms with Gasteiger partial charge in [-0.25, -0.2) is 12.7 Å². The molecule has 0 fully saturated rings. The number of hydrogen-bond acceptors (Lipinski definition) is 4. The van der Waals surface area contributed by atoms with Crippen molar-refractivity contribution in [3.05, 3.63) is 28.8 Å². The van der Waals surface area contributed by atoms with Crippen LogP contribution >= 0.6 is 11.6 Å². The molecule has 0 aliphatic rings. The highest BCUT2D eigenvalue weighted by Gasteiger charge is 2.14. The lowest BCUT2D eigenvalue weighted by atomic mass is 10.2. The fourth-order valence-corrected chi connectivity index (χ4v) is 2.29. The van der Waals surface area contributed by atoms with Crippen LogP contribution in [-0.2, 0) is 10.0 Å². The summed E-state index contributed by atoms with van der Waals surface area (Å²) >= 11 is 5.78. The zero-order valence-corrected chi connectivity index (χ0v) is 12.3. The van der Waals surface area contributed by atoms with E-state index in [-0.39, 0.29) is 12.3 Å². The first kappa shape index (κ1) is 15.7. The minimum atomic E-state index is -3.32.